The second-order valence-electron chi connectivity index (χ2n) is 6.69. The number of rotatable bonds is 2. The maximum atomic E-state index is 9.43. The summed E-state index contributed by atoms with van der Waals surface area (Å²) in [5.41, 5.74) is 2.85. The molecule has 2 fully saturated rings. The van der Waals surface area contributed by atoms with Gasteiger partial charge >= 0.3 is 0 Å². The third-order valence-corrected chi connectivity index (χ3v) is 5.31. The fourth-order valence-corrected chi connectivity index (χ4v) is 4.08. The van der Waals surface area contributed by atoms with E-state index in [0.29, 0.717) is 12.0 Å². The summed E-state index contributed by atoms with van der Waals surface area (Å²) in [4.78, 5) is 13.5. The van der Waals surface area contributed by atoms with Crippen molar-refractivity contribution in [1.82, 2.24) is 9.97 Å². The van der Waals surface area contributed by atoms with E-state index >= 15 is 0 Å². The SMILES string of the molecule is Cc1cc(N2CCC3CCN(c4ccccc4C#N)C3C2)ncn1. The minimum Gasteiger partial charge on any atom is -0.365 e. The highest BCUT2D eigenvalue weighted by Crippen LogP contribution is 2.37. The number of piperidine rings is 1. The van der Waals surface area contributed by atoms with Crippen molar-refractivity contribution in [3.63, 3.8) is 0 Å². The first kappa shape index (κ1) is 14.9. The van der Waals surface area contributed by atoms with Crippen molar-refractivity contribution >= 4 is 11.5 Å². The van der Waals surface area contributed by atoms with Gasteiger partial charge in [0.25, 0.3) is 0 Å². The summed E-state index contributed by atoms with van der Waals surface area (Å²) in [5, 5.41) is 9.43. The lowest BCUT2D eigenvalue weighted by Gasteiger charge is -2.40. The molecule has 0 bridgehead atoms. The third-order valence-electron chi connectivity index (χ3n) is 5.31. The molecule has 1 aromatic carbocycles. The molecule has 0 spiro atoms. The van der Waals surface area contributed by atoms with Crippen LogP contribution in [-0.2, 0) is 0 Å². The Labute approximate surface area is 142 Å². The van der Waals surface area contributed by atoms with E-state index in [1.807, 2.05) is 25.1 Å². The largest absolute Gasteiger partial charge is 0.365 e. The number of hydrogen-bond donors (Lipinski definition) is 0. The van der Waals surface area contributed by atoms with Crippen molar-refractivity contribution in [2.45, 2.75) is 25.8 Å². The molecule has 24 heavy (non-hydrogen) atoms. The van der Waals surface area contributed by atoms with Gasteiger partial charge in [0, 0.05) is 37.4 Å². The third kappa shape index (κ3) is 2.58. The van der Waals surface area contributed by atoms with E-state index in [0.717, 1.165) is 42.4 Å². The first-order valence-electron chi connectivity index (χ1n) is 8.55. The van der Waals surface area contributed by atoms with Crippen molar-refractivity contribution < 1.29 is 0 Å². The maximum absolute atomic E-state index is 9.43. The van der Waals surface area contributed by atoms with E-state index in [-0.39, 0.29) is 0 Å². The Morgan fingerprint density at radius 1 is 1.17 bits per heavy atom. The van der Waals surface area contributed by atoms with E-state index < -0.39 is 0 Å². The number of nitrogens with zero attached hydrogens (tertiary/aromatic N) is 5. The molecule has 5 nitrogen and oxygen atoms in total. The molecule has 0 saturated carbocycles. The summed E-state index contributed by atoms with van der Waals surface area (Å²) < 4.78 is 0. The van der Waals surface area contributed by atoms with E-state index in [4.69, 9.17) is 0 Å². The van der Waals surface area contributed by atoms with Crippen LogP contribution in [0, 0.1) is 24.2 Å². The van der Waals surface area contributed by atoms with Crippen LogP contribution in [0.25, 0.3) is 0 Å². The molecule has 2 atom stereocenters. The van der Waals surface area contributed by atoms with Crippen LogP contribution in [-0.4, -0.2) is 35.6 Å². The fraction of sp³-hybridized carbons (Fsp3) is 0.421. The van der Waals surface area contributed by atoms with Crippen LogP contribution in [0.1, 0.15) is 24.1 Å². The average Bonchev–Trinajstić information content (AvgIpc) is 3.04. The van der Waals surface area contributed by atoms with E-state index in [9.17, 15) is 5.26 Å². The van der Waals surface area contributed by atoms with E-state index in [1.54, 1.807) is 6.33 Å². The Balaban J connectivity index is 1.61. The zero-order valence-electron chi connectivity index (χ0n) is 13.9. The highest BCUT2D eigenvalue weighted by atomic mass is 15.3. The lowest BCUT2D eigenvalue weighted by molar-refractivity contribution is 0.389. The van der Waals surface area contributed by atoms with Gasteiger partial charge in [0.1, 0.15) is 18.2 Å². The summed E-state index contributed by atoms with van der Waals surface area (Å²) in [7, 11) is 0. The highest BCUT2D eigenvalue weighted by Gasteiger charge is 2.39. The van der Waals surface area contributed by atoms with Gasteiger partial charge in [0.2, 0.25) is 0 Å². The molecule has 0 N–H and O–H groups in total. The van der Waals surface area contributed by atoms with Crippen LogP contribution in [0.2, 0.25) is 0 Å². The molecule has 2 saturated heterocycles. The van der Waals surface area contributed by atoms with Gasteiger partial charge in [-0.15, -0.1) is 0 Å². The van der Waals surface area contributed by atoms with Crippen LogP contribution in [0.5, 0.6) is 0 Å². The van der Waals surface area contributed by atoms with Gasteiger partial charge in [-0.2, -0.15) is 5.26 Å². The molecule has 2 aliphatic heterocycles. The van der Waals surface area contributed by atoms with Gasteiger partial charge in [0.15, 0.2) is 0 Å². The Hall–Kier alpha value is -2.61. The number of fused-ring (bicyclic) bond motifs is 1. The van der Waals surface area contributed by atoms with Crippen molar-refractivity contribution in [3.05, 3.63) is 47.9 Å². The molecule has 1 aromatic heterocycles. The molecule has 0 radical (unpaired) electrons. The zero-order chi connectivity index (χ0) is 16.5. The predicted molar refractivity (Wildman–Crippen MR) is 94.0 cm³/mol. The highest BCUT2D eigenvalue weighted by molar-refractivity contribution is 5.61. The van der Waals surface area contributed by atoms with Crippen LogP contribution in [0.15, 0.2) is 36.7 Å². The first-order valence-corrected chi connectivity index (χ1v) is 8.55. The monoisotopic (exact) mass is 319 g/mol. The van der Waals surface area contributed by atoms with Crippen molar-refractivity contribution in [3.8, 4) is 6.07 Å². The lowest BCUT2D eigenvalue weighted by atomic mass is 9.92. The number of hydrogen-bond acceptors (Lipinski definition) is 5. The Bertz CT molecular complexity index is 781. The van der Waals surface area contributed by atoms with E-state index in [2.05, 4.69) is 38.0 Å². The average molecular weight is 319 g/mol. The Morgan fingerprint density at radius 3 is 2.83 bits per heavy atom. The summed E-state index contributed by atoms with van der Waals surface area (Å²) in [6.45, 7) is 5.04. The van der Waals surface area contributed by atoms with Crippen molar-refractivity contribution in [2.24, 2.45) is 5.92 Å². The second-order valence-corrected chi connectivity index (χ2v) is 6.69. The topological polar surface area (TPSA) is 56.0 Å². The number of nitriles is 1. The van der Waals surface area contributed by atoms with Crippen LogP contribution in [0.3, 0.4) is 0 Å². The number of para-hydroxylation sites is 1. The van der Waals surface area contributed by atoms with Crippen LogP contribution < -0.4 is 9.80 Å². The standard InChI is InChI=1S/C19H21N5/c1-14-10-19(22-13-21-14)23-8-6-15-7-9-24(18(15)12-23)17-5-3-2-4-16(17)11-20/h2-5,10,13,15,18H,6-9,12H2,1H3. The van der Waals surface area contributed by atoms with Crippen LogP contribution in [0.4, 0.5) is 11.5 Å². The molecule has 2 unspecified atom stereocenters. The summed E-state index contributed by atoms with van der Waals surface area (Å²) in [6.07, 6.45) is 4.04. The molecule has 5 heteroatoms. The minimum atomic E-state index is 0.448. The normalized spacial score (nSPS) is 23.0. The van der Waals surface area contributed by atoms with Gasteiger partial charge in [-0.25, -0.2) is 9.97 Å². The predicted octanol–water partition coefficient (Wildman–Crippen LogP) is 2.76. The van der Waals surface area contributed by atoms with Gasteiger partial charge in [0.05, 0.1) is 11.3 Å². The van der Waals surface area contributed by atoms with Gasteiger partial charge < -0.3 is 9.80 Å². The van der Waals surface area contributed by atoms with Gasteiger partial charge in [-0.1, -0.05) is 12.1 Å². The second kappa shape index (κ2) is 6.12. The number of aryl methyl sites for hydroxylation is 1. The molecule has 4 rings (SSSR count). The number of anilines is 2. The molecule has 122 valence electrons. The van der Waals surface area contributed by atoms with Crippen molar-refractivity contribution in [1.29, 1.82) is 5.26 Å². The molecule has 0 aliphatic carbocycles. The fourth-order valence-electron chi connectivity index (χ4n) is 4.08. The molecule has 2 aromatic rings. The number of aromatic nitrogens is 2. The molecular formula is C19H21N5. The van der Waals surface area contributed by atoms with Crippen LogP contribution >= 0.6 is 0 Å². The first-order chi connectivity index (χ1) is 11.8. The Kier molecular flexibility index (Phi) is 3.81. The summed E-state index contributed by atoms with van der Waals surface area (Å²) >= 11 is 0. The summed E-state index contributed by atoms with van der Waals surface area (Å²) in [6, 6.07) is 12.8. The van der Waals surface area contributed by atoms with Crippen molar-refractivity contribution in [2.75, 3.05) is 29.4 Å². The molecule has 2 aliphatic rings. The zero-order valence-corrected chi connectivity index (χ0v) is 13.9. The Morgan fingerprint density at radius 2 is 2.00 bits per heavy atom. The molecule has 0 amide bonds. The quantitative estimate of drug-likeness (QED) is 0.852. The van der Waals surface area contributed by atoms with Gasteiger partial charge in [-0.3, -0.25) is 0 Å². The molecule has 3 heterocycles. The minimum absolute atomic E-state index is 0.448. The smallest absolute Gasteiger partial charge is 0.132 e. The number of benzene rings is 1. The lowest BCUT2D eigenvalue weighted by Crippen LogP contribution is -2.48. The maximum Gasteiger partial charge on any atom is 0.132 e. The summed E-state index contributed by atoms with van der Waals surface area (Å²) in [5.74, 6) is 1.72. The van der Waals surface area contributed by atoms with Gasteiger partial charge in [-0.05, 0) is 37.8 Å². The molecular weight excluding hydrogens is 298 g/mol. The van der Waals surface area contributed by atoms with E-state index in [1.165, 1.54) is 12.8 Å².